The third-order valence-corrected chi connectivity index (χ3v) is 3.00. The van der Waals surface area contributed by atoms with Crippen LogP contribution in [0.4, 0.5) is 0 Å². The Morgan fingerprint density at radius 3 is 2.59 bits per heavy atom. The minimum Gasteiger partial charge on any atom is -0.451 e. The van der Waals surface area contributed by atoms with Gasteiger partial charge in [-0.25, -0.2) is 0 Å². The molecule has 1 aromatic carbocycles. The van der Waals surface area contributed by atoms with Gasteiger partial charge in [-0.15, -0.1) is 0 Å². The van der Waals surface area contributed by atoms with Gasteiger partial charge in [0, 0.05) is 23.7 Å². The molecule has 0 saturated heterocycles. The van der Waals surface area contributed by atoms with Crippen LogP contribution in [0.25, 0.3) is 11.3 Å². The summed E-state index contributed by atoms with van der Waals surface area (Å²) in [5.74, 6) is 0.432. The molecule has 0 fully saturated rings. The number of hydrogen-bond acceptors (Lipinski definition) is 3. The quantitative estimate of drug-likeness (QED) is 0.892. The van der Waals surface area contributed by atoms with E-state index in [2.05, 4.69) is 10.6 Å². The van der Waals surface area contributed by atoms with Crippen molar-refractivity contribution in [3.63, 3.8) is 0 Å². The normalized spacial score (nSPS) is 10.5. The van der Waals surface area contributed by atoms with Crippen LogP contribution in [0.5, 0.6) is 0 Å². The summed E-state index contributed by atoms with van der Waals surface area (Å²) >= 11 is 0. The molecule has 0 radical (unpaired) electrons. The summed E-state index contributed by atoms with van der Waals surface area (Å²) in [6.07, 6.45) is 0. The zero-order chi connectivity index (χ0) is 16.1. The van der Waals surface area contributed by atoms with E-state index in [1.807, 2.05) is 26.8 Å². The van der Waals surface area contributed by atoms with Gasteiger partial charge in [-0.3, -0.25) is 9.59 Å². The Kier molecular flexibility index (Phi) is 4.99. The zero-order valence-corrected chi connectivity index (χ0v) is 13.0. The van der Waals surface area contributed by atoms with E-state index in [1.165, 1.54) is 0 Å². The average Bonchev–Trinajstić information content (AvgIpc) is 2.97. The summed E-state index contributed by atoms with van der Waals surface area (Å²) in [5, 5.41) is 5.53. The third-order valence-electron chi connectivity index (χ3n) is 3.00. The van der Waals surface area contributed by atoms with Gasteiger partial charge in [0.1, 0.15) is 5.76 Å². The minimum atomic E-state index is -0.249. The Hall–Kier alpha value is -2.56. The van der Waals surface area contributed by atoms with Gasteiger partial charge in [0.15, 0.2) is 5.76 Å². The Morgan fingerprint density at radius 2 is 1.91 bits per heavy atom. The molecule has 2 rings (SSSR count). The highest BCUT2D eigenvalue weighted by Crippen LogP contribution is 2.23. The van der Waals surface area contributed by atoms with Gasteiger partial charge in [-0.2, -0.15) is 0 Å². The Balaban J connectivity index is 2.22. The number of carbonyl (C=O) groups is 2. The Bertz CT molecular complexity index is 674. The third kappa shape index (κ3) is 3.75. The maximum absolute atomic E-state index is 11.9. The largest absolute Gasteiger partial charge is 0.451 e. The van der Waals surface area contributed by atoms with Crippen molar-refractivity contribution in [2.75, 3.05) is 6.54 Å². The minimum absolute atomic E-state index is 0.0436. The van der Waals surface area contributed by atoms with Gasteiger partial charge in [0.05, 0.1) is 0 Å². The van der Waals surface area contributed by atoms with Crippen LogP contribution in [0.1, 0.15) is 41.7 Å². The first kappa shape index (κ1) is 15.8. The van der Waals surface area contributed by atoms with Gasteiger partial charge in [0.2, 0.25) is 0 Å². The van der Waals surface area contributed by atoms with Crippen molar-refractivity contribution in [1.82, 2.24) is 10.6 Å². The van der Waals surface area contributed by atoms with Crippen molar-refractivity contribution in [2.24, 2.45) is 0 Å². The summed E-state index contributed by atoms with van der Waals surface area (Å²) in [6, 6.07) is 10.5. The van der Waals surface area contributed by atoms with Gasteiger partial charge in [0.25, 0.3) is 11.8 Å². The molecule has 2 N–H and O–H groups in total. The molecule has 0 aliphatic carbocycles. The molecule has 0 spiro atoms. The summed E-state index contributed by atoms with van der Waals surface area (Å²) in [5.41, 5.74) is 1.32. The fourth-order valence-electron chi connectivity index (χ4n) is 2.02. The maximum Gasteiger partial charge on any atom is 0.287 e. The number of furan rings is 1. The summed E-state index contributed by atoms with van der Waals surface area (Å²) in [6.45, 7) is 6.21. The van der Waals surface area contributed by atoms with Gasteiger partial charge in [-0.05, 0) is 45.0 Å². The fourth-order valence-corrected chi connectivity index (χ4v) is 2.02. The summed E-state index contributed by atoms with van der Waals surface area (Å²) < 4.78 is 5.58. The Labute approximate surface area is 129 Å². The highest BCUT2D eigenvalue weighted by molar-refractivity contribution is 5.95. The summed E-state index contributed by atoms with van der Waals surface area (Å²) in [4.78, 5) is 23.7. The first-order valence-electron chi connectivity index (χ1n) is 7.30. The molecular weight excluding hydrogens is 280 g/mol. The molecule has 2 amide bonds. The predicted molar refractivity (Wildman–Crippen MR) is 84.8 cm³/mol. The molecule has 1 aromatic heterocycles. The van der Waals surface area contributed by atoms with Crippen LogP contribution in [0.3, 0.4) is 0 Å². The molecule has 1 heterocycles. The molecule has 0 aliphatic rings. The van der Waals surface area contributed by atoms with Crippen LogP contribution in [0, 0.1) is 0 Å². The lowest BCUT2D eigenvalue weighted by atomic mass is 10.1. The highest BCUT2D eigenvalue weighted by Gasteiger charge is 2.14. The monoisotopic (exact) mass is 300 g/mol. The van der Waals surface area contributed by atoms with Crippen LogP contribution < -0.4 is 10.6 Å². The zero-order valence-electron chi connectivity index (χ0n) is 13.0. The molecule has 0 aliphatic heterocycles. The van der Waals surface area contributed by atoms with Crippen molar-refractivity contribution in [1.29, 1.82) is 0 Å². The van der Waals surface area contributed by atoms with E-state index in [4.69, 9.17) is 4.42 Å². The first-order chi connectivity index (χ1) is 10.5. The highest BCUT2D eigenvalue weighted by atomic mass is 16.3. The van der Waals surface area contributed by atoms with E-state index in [9.17, 15) is 9.59 Å². The fraction of sp³-hybridized carbons (Fsp3) is 0.294. The second-order valence-electron chi connectivity index (χ2n) is 5.23. The van der Waals surface area contributed by atoms with Crippen LogP contribution >= 0.6 is 0 Å². The lowest BCUT2D eigenvalue weighted by Gasteiger charge is -2.06. The average molecular weight is 300 g/mol. The summed E-state index contributed by atoms with van der Waals surface area (Å²) in [7, 11) is 0. The van der Waals surface area contributed by atoms with Crippen molar-refractivity contribution in [3.05, 3.63) is 47.7 Å². The topological polar surface area (TPSA) is 71.3 Å². The Morgan fingerprint density at radius 1 is 1.14 bits per heavy atom. The number of carbonyl (C=O) groups excluding carboxylic acids is 2. The number of nitrogens with one attached hydrogen (secondary N) is 2. The van der Waals surface area contributed by atoms with Crippen molar-refractivity contribution >= 4 is 11.8 Å². The van der Waals surface area contributed by atoms with Crippen LogP contribution in [-0.4, -0.2) is 24.4 Å². The van der Waals surface area contributed by atoms with Crippen molar-refractivity contribution < 1.29 is 14.0 Å². The maximum atomic E-state index is 11.9. The SMILES string of the molecule is CCNC(=O)c1cccc(-c2ccc(C(=O)NC(C)C)o2)c1. The van der Waals surface area contributed by atoms with Crippen molar-refractivity contribution in [3.8, 4) is 11.3 Å². The molecule has 0 saturated carbocycles. The van der Waals surface area contributed by atoms with Crippen LogP contribution in [0.15, 0.2) is 40.8 Å². The molecule has 22 heavy (non-hydrogen) atoms. The van der Waals surface area contributed by atoms with Crippen molar-refractivity contribution in [2.45, 2.75) is 26.8 Å². The molecule has 0 atom stereocenters. The van der Waals surface area contributed by atoms with E-state index in [1.54, 1.807) is 30.3 Å². The smallest absolute Gasteiger partial charge is 0.287 e. The molecule has 5 nitrogen and oxygen atoms in total. The predicted octanol–water partition coefficient (Wildman–Crippen LogP) is 2.83. The second-order valence-corrected chi connectivity index (χ2v) is 5.23. The number of rotatable bonds is 5. The number of hydrogen-bond donors (Lipinski definition) is 2. The van der Waals surface area contributed by atoms with Crippen LogP contribution in [0.2, 0.25) is 0 Å². The van der Waals surface area contributed by atoms with Gasteiger partial charge in [-0.1, -0.05) is 12.1 Å². The molecule has 0 unspecified atom stereocenters. The van der Waals surface area contributed by atoms with E-state index in [0.717, 1.165) is 5.56 Å². The van der Waals surface area contributed by atoms with E-state index >= 15 is 0 Å². The molecule has 0 bridgehead atoms. The molecule has 2 aromatic rings. The number of amides is 2. The van der Waals surface area contributed by atoms with Gasteiger partial charge < -0.3 is 15.1 Å². The molecular formula is C17H20N2O3. The van der Waals surface area contributed by atoms with E-state index < -0.39 is 0 Å². The molecule has 116 valence electrons. The van der Waals surface area contributed by atoms with E-state index in [0.29, 0.717) is 17.9 Å². The standard InChI is InChI=1S/C17H20N2O3/c1-4-18-16(20)13-7-5-6-12(10-13)14-8-9-15(22-14)17(21)19-11(2)3/h5-11H,4H2,1-3H3,(H,18,20)(H,19,21). The lowest BCUT2D eigenvalue weighted by molar-refractivity contribution is 0.0914. The first-order valence-corrected chi connectivity index (χ1v) is 7.30. The number of benzene rings is 1. The lowest BCUT2D eigenvalue weighted by Crippen LogP contribution is -2.29. The molecule has 5 heteroatoms. The van der Waals surface area contributed by atoms with Gasteiger partial charge >= 0.3 is 0 Å². The van der Waals surface area contributed by atoms with E-state index in [-0.39, 0.29) is 23.6 Å². The van der Waals surface area contributed by atoms with Crippen LogP contribution in [-0.2, 0) is 0 Å². The second kappa shape index (κ2) is 6.93.